The monoisotopic (exact) mass is 343 g/mol. The summed E-state index contributed by atoms with van der Waals surface area (Å²) in [6.45, 7) is 6.85. The van der Waals surface area contributed by atoms with Gasteiger partial charge in [-0.3, -0.25) is 14.2 Å². The van der Waals surface area contributed by atoms with Gasteiger partial charge in [0, 0.05) is 12.5 Å². The number of rotatable bonds is 4. The minimum atomic E-state index is -0.497. The van der Waals surface area contributed by atoms with Crippen LogP contribution in [-0.2, 0) is 16.8 Å². The number of nitrogens with zero attached hydrogens (tertiary/aromatic N) is 2. The van der Waals surface area contributed by atoms with Gasteiger partial charge in [-0.25, -0.2) is 4.98 Å². The number of carbonyl (C=O) groups excluding carboxylic acids is 1. The van der Waals surface area contributed by atoms with Crippen molar-refractivity contribution in [2.24, 2.45) is 0 Å². The van der Waals surface area contributed by atoms with Crippen molar-refractivity contribution < 1.29 is 9.90 Å². The smallest absolute Gasteiger partial charge is 0.261 e. The number of aromatic nitrogens is 2. The van der Waals surface area contributed by atoms with E-state index >= 15 is 0 Å². The Morgan fingerprint density at radius 1 is 1.40 bits per heavy atom. The van der Waals surface area contributed by atoms with E-state index in [2.05, 4.69) is 31.1 Å². The van der Waals surface area contributed by atoms with Gasteiger partial charge in [0.15, 0.2) is 5.78 Å². The van der Waals surface area contributed by atoms with Crippen LogP contribution in [-0.4, -0.2) is 39.1 Å². The molecule has 6 nitrogen and oxygen atoms in total. The highest BCUT2D eigenvalue weighted by atomic mass is 16.3. The van der Waals surface area contributed by atoms with Gasteiger partial charge in [0.1, 0.15) is 0 Å². The van der Waals surface area contributed by atoms with Crippen molar-refractivity contribution in [3.8, 4) is 0 Å². The summed E-state index contributed by atoms with van der Waals surface area (Å²) in [5, 5.41) is 13.5. The summed E-state index contributed by atoms with van der Waals surface area (Å²) in [4.78, 5) is 29.6. The minimum Gasteiger partial charge on any atom is -0.391 e. The topological polar surface area (TPSA) is 84.2 Å². The molecule has 0 spiro atoms. The molecule has 1 saturated heterocycles. The number of aliphatic hydroxyl groups excluding tert-OH is 1. The molecular weight excluding hydrogens is 318 g/mol. The summed E-state index contributed by atoms with van der Waals surface area (Å²) in [6, 6.07) is 5.44. The maximum absolute atomic E-state index is 12.9. The van der Waals surface area contributed by atoms with E-state index in [4.69, 9.17) is 0 Å². The van der Waals surface area contributed by atoms with E-state index in [1.807, 2.05) is 18.2 Å². The van der Waals surface area contributed by atoms with Crippen molar-refractivity contribution in [1.82, 2.24) is 14.9 Å². The summed E-state index contributed by atoms with van der Waals surface area (Å²) in [6.07, 6.45) is 1.81. The molecule has 2 atom stereocenters. The normalized spacial score (nSPS) is 21.0. The summed E-state index contributed by atoms with van der Waals surface area (Å²) >= 11 is 0. The number of benzene rings is 1. The van der Waals surface area contributed by atoms with E-state index in [1.165, 1.54) is 10.9 Å². The van der Waals surface area contributed by atoms with E-state index in [1.54, 1.807) is 0 Å². The average molecular weight is 343 g/mol. The van der Waals surface area contributed by atoms with Gasteiger partial charge in [-0.1, -0.05) is 32.9 Å². The second-order valence-corrected chi connectivity index (χ2v) is 7.79. The Morgan fingerprint density at radius 2 is 2.16 bits per heavy atom. The fourth-order valence-electron chi connectivity index (χ4n) is 3.40. The van der Waals surface area contributed by atoms with Crippen LogP contribution in [0.2, 0.25) is 0 Å². The maximum Gasteiger partial charge on any atom is 0.261 e. The van der Waals surface area contributed by atoms with Crippen molar-refractivity contribution in [2.45, 2.75) is 57.7 Å². The first kappa shape index (κ1) is 17.8. The number of fused-ring (bicyclic) bond motifs is 1. The molecule has 2 N–H and O–H groups in total. The van der Waals surface area contributed by atoms with E-state index in [0.29, 0.717) is 23.9 Å². The second kappa shape index (κ2) is 6.69. The number of Topliss-reactive ketones (excluding diaryl/α,β-unsaturated/α-hetero) is 1. The van der Waals surface area contributed by atoms with Gasteiger partial charge in [0.05, 0.1) is 29.9 Å². The third-order valence-corrected chi connectivity index (χ3v) is 4.77. The van der Waals surface area contributed by atoms with Crippen molar-refractivity contribution in [1.29, 1.82) is 0 Å². The first-order valence-corrected chi connectivity index (χ1v) is 8.69. The number of aliphatic hydroxyl groups is 1. The number of hydrogen-bond donors (Lipinski definition) is 2. The van der Waals surface area contributed by atoms with Gasteiger partial charge in [-0.05, 0) is 30.0 Å². The fraction of sp³-hybridized carbons (Fsp3) is 0.526. The van der Waals surface area contributed by atoms with Crippen LogP contribution in [0.3, 0.4) is 0 Å². The molecule has 6 heteroatoms. The van der Waals surface area contributed by atoms with Crippen LogP contribution in [0, 0.1) is 0 Å². The molecule has 0 amide bonds. The van der Waals surface area contributed by atoms with E-state index in [0.717, 1.165) is 5.56 Å². The van der Waals surface area contributed by atoms with Crippen LogP contribution in [0.4, 0.5) is 0 Å². The molecule has 1 aliphatic heterocycles. The zero-order valence-electron chi connectivity index (χ0n) is 15.0. The molecule has 0 radical (unpaired) electrons. The molecule has 1 fully saturated rings. The van der Waals surface area contributed by atoms with E-state index in [9.17, 15) is 14.7 Å². The fourth-order valence-corrected chi connectivity index (χ4v) is 3.40. The lowest BCUT2D eigenvalue weighted by Crippen LogP contribution is -2.35. The zero-order valence-corrected chi connectivity index (χ0v) is 15.0. The van der Waals surface area contributed by atoms with Crippen LogP contribution in [0.1, 0.15) is 39.2 Å². The number of hydrogen-bond acceptors (Lipinski definition) is 5. The molecule has 1 aromatic carbocycles. The highest BCUT2D eigenvalue weighted by molar-refractivity contribution is 5.83. The summed E-state index contributed by atoms with van der Waals surface area (Å²) < 4.78 is 1.38. The predicted molar refractivity (Wildman–Crippen MR) is 96.7 cm³/mol. The molecule has 1 aromatic heterocycles. The summed E-state index contributed by atoms with van der Waals surface area (Å²) in [5.74, 6) is -0.0880. The van der Waals surface area contributed by atoms with Crippen LogP contribution >= 0.6 is 0 Å². The third kappa shape index (κ3) is 3.65. The lowest BCUT2D eigenvalue weighted by Gasteiger charge is -2.21. The van der Waals surface area contributed by atoms with Crippen LogP contribution < -0.4 is 10.9 Å². The molecule has 0 aliphatic carbocycles. The lowest BCUT2D eigenvalue weighted by atomic mass is 9.85. The standard InChI is InChI=1S/C19H25N3O3/c1-19(2,3)13-5-4-6-14-17(13)18(25)22(11-21-14)10-12(23)9-15-16(24)7-8-20-15/h4-6,11,15-16,20,24H,7-10H2,1-3H3/t15-,16+/m1/s1. The van der Waals surface area contributed by atoms with Crippen molar-refractivity contribution in [3.05, 3.63) is 40.4 Å². The first-order chi connectivity index (χ1) is 11.8. The average Bonchev–Trinajstić information content (AvgIpc) is 2.94. The highest BCUT2D eigenvalue weighted by Gasteiger charge is 2.27. The molecule has 0 saturated carbocycles. The molecule has 3 rings (SSSR count). The Balaban J connectivity index is 1.91. The zero-order chi connectivity index (χ0) is 18.2. The molecule has 2 heterocycles. The van der Waals surface area contributed by atoms with Gasteiger partial charge in [0.25, 0.3) is 5.56 Å². The Bertz CT molecular complexity index is 851. The highest BCUT2D eigenvalue weighted by Crippen LogP contribution is 2.27. The van der Waals surface area contributed by atoms with Crippen LogP contribution in [0.15, 0.2) is 29.3 Å². The lowest BCUT2D eigenvalue weighted by molar-refractivity contribution is -0.120. The first-order valence-electron chi connectivity index (χ1n) is 8.69. The SMILES string of the molecule is CC(C)(C)c1cccc2ncn(CC(=O)C[C@H]3NCC[C@@H]3O)c(=O)c12. The Hall–Kier alpha value is -2.05. The minimum absolute atomic E-state index is 0.0227. The van der Waals surface area contributed by atoms with Crippen molar-refractivity contribution in [3.63, 3.8) is 0 Å². The van der Waals surface area contributed by atoms with Gasteiger partial charge in [0.2, 0.25) is 0 Å². The van der Waals surface area contributed by atoms with E-state index in [-0.39, 0.29) is 35.8 Å². The van der Waals surface area contributed by atoms with Crippen LogP contribution in [0.5, 0.6) is 0 Å². The predicted octanol–water partition coefficient (Wildman–Crippen LogP) is 1.38. The van der Waals surface area contributed by atoms with Crippen molar-refractivity contribution in [2.75, 3.05) is 6.54 Å². The maximum atomic E-state index is 12.9. The van der Waals surface area contributed by atoms with E-state index < -0.39 is 6.10 Å². The van der Waals surface area contributed by atoms with Gasteiger partial charge < -0.3 is 10.4 Å². The molecule has 0 bridgehead atoms. The Kier molecular flexibility index (Phi) is 4.75. The summed E-state index contributed by atoms with van der Waals surface area (Å²) in [7, 11) is 0. The second-order valence-electron chi connectivity index (χ2n) is 7.79. The van der Waals surface area contributed by atoms with Crippen molar-refractivity contribution >= 4 is 16.7 Å². The number of carbonyl (C=O) groups is 1. The van der Waals surface area contributed by atoms with Gasteiger partial charge >= 0.3 is 0 Å². The quantitative estimate of drug-likeness (QED) is 0.876. The Morgan fingerprint density at radius 3 is 2.80 bits per heavy atom. The van der Waals surface area contributed by atoms with Gasteiger partial charge in [-0.15, -0.1) is 0 Å². The molecule has 1 aliphatic rings. The van der Waals surface area contributed by atoms with Crippen LogP contribution in [0.25, 0.3) is 10.9 Å². The molecule has 25 heavy (non-hydrogen) atoms. The number of ketones is 1. The molecule has 134 valence electrons. The number of nitrogens with one attached hydrogen (secondary N) is 1. The molecule has 2 aromatic rings. The Labute approximate surface area is 146 Å². The summed E-state index contributed by atoms with van der Waals surface area (Å²) in [5.41, 5.74) is 1.19. The largest absolute Gasteiger partial charge is 0.391 e. The van der Waals surface area contributed by atoms with Gasteiger partial charge in [-0.2, -0.15) is 0 Å². The molecule has 0 unspecified atom stereocenters. The third-order valence-electron chi connectivity index (χ3n) is 4.77. The molecular formula is C19H25N3O3.